The van der Waals surface area contributed by atoms with Crippen molar-refractivity contribution in [3.8, 4) is 0 Å². The van der Waals surface area contributed by atoms with Crippen LogP contribution in [0.4, 0.5) is 5.69 Å². The number of H-pyrrole nitrogens is 1. The highest BCUT2D eigenvalue weighted by Gasteiger charge is 2.10. The van der Waals surface area contributed by atoms with E-state index in [1.165, 1.54) is 0 Å². The van der Waals surface area contributed by atoms with Gasteiger partial charge in [0.15, 0.2) is 0 Å². The van der Waals surface area contributed by atoms with Crippen molar-refractivity contribution in [2.45, 2.75) is 13.8 Å². The molecule has 0 unspecified atom stereocenters. The summed E-state index contributed by atoms with van der Waals surface area (Å²) in [6.07, 6.45) is 3.27. The normalized spacial score (nSPS) is 15.5. The van der Waals surface area contributed by atoms with E-state index in [2.05, 4.69) is 14.9 Å². The molecule has 0 saturated carbocycles. The molecule has 0 aliphatic carbocycles. The molecule has 0 spiro atoms. The summed E-state index contributed by atoms with van der Waals surface area (Å²) in [4.78, 5) is 19.0. The van der Waals surface area contributed by atoms with Gasteiger partial charge < -0.3 is 14.6 Å². The zero-order valence-corrected chi connectivity index (χ0v) is 9.19. The van der Waals surface area contributed by atoms with Crippen LogP contribution in [-0.4, -0.2) is 36.3 Å². The molecular weight excluding hydrogens is 194 g/mol. The Morgan fingerprint density at radius 2 is 2.07 bits per heavy atom. The fraction of sp³-hybridized carbons (Fsp3) is 0.600. The van der Waals surface area contributed by atoms with E-state index in [1.54, 1.807) is 12.4 Å². The largest absolute Gasteiger partial charge is 0.378 e. The highest BCUT2D eigenvalue weighted by Crippen LogP contribution is 2.10. The topological polar surface area (TPSA) is 58.2 Å². The van der Waals surface area contributed by atoms with Gasteiger partial charge in [0.1, 0.15) is 0 Å². The van der Waals surface area contributed by atoms with Crippen molar-refractivity contribution in [3.05, 3.63) is 22.9 Å². The summed E-state index contributed by atoms with van der Waals surface area (Å²) in [7, 11) is 0. The minimum Gasteiger partial charge on any atom is -0.378 e. The number of anilines is 1. The minimum absolute atomic E-state index is 0.308. The fourth-order valence-corrected chi connectivity index (χ4v) is 1.33. The molecule has 0 bridgehead atoms. The smallest absolute Gasteiger partial charge is 0.345 e. The number of morpholine rings is 1. The predicted molar refractivity (Wildman–Crippen MR) is 59.2 cm³/mol. The Labute approximate surface area is 89.1 Å². The number of nitrogens with one attached hydrogen (secondary N) is 1. The lowest BCUT2D eigenvalue weighted by Crippen LogP contribution is -2.36. The Hall–Kier alpha value is -1.36. The standard InChI is InChI=1S/C8H11N3O2.C2H6/c12-8-9-5-7(6-10-8)11-1-3-13-4-2-11;1-2/h5-6H,1-4H2,(H,9,10,12);1-2H3. The number of ether oxygens (including phenoxy) is 1. The van der Waals surface area contributed by atoms with Crippen molar-refractivity contribution >= 4 is 5.69 Å². The molecule has 1 fully saturated rings. The van der Waals surface area contributed by atoms with Gasteiger partial charge in [0.25, 0.3) is 0 Å². The van der Waals surface area contributed by atoms with Crippen molar-refractivity contribution in [1.82, 2.24) is 9.97 Å². The van der Waals surface area contributed by atoms with Crippen molar-refractivity contribution in [2.75, 3.05) is 31.2 Å². The molecule has 1 aliphatic rings. The summed E-state index contributed by atoms with van der Waals surface area (Å²) in [5.41, 5.74) is 0.639. The molecule has 2 heterocycles. The van der Waals surface area contributed by atoms with Gasteiger partial charge in [-0.25, -0.2) is 4.79 Å². The highest BCUT2D eigenvalue weighted by molar-refractivity contribution is 5.41. The summed E-state index contributed by atoms with van der Waals surface area (Å²) in [6, 6.07) is 0. The molecule has 0 aromatic carbocycles. The van der Waals surface area contributed by atoms with Crippen LogP contribution in [0.1, 0.15) is 13.8 Å². The lowest BCUT2D eigenvalue weighted by molar-refractivity contribution is 0.122. The van der Waals surface area contributed by atoms with Crippen LogP contribution in [0.2, 0.25) is 0 Å². The fourth-order valence-electron chi connectivity index (χ4n) is 1.33. The second-order valence-corrected chi connectivity index (χ2v) is 2.88. The SMILES string of the molecule is CC.O=c1ncc(N2CCOCC2)c[nH]1. The molecule has 5 nitrogen and oxygen atoms in total. The first-order valence-corrected chi connectivity index (χ1v) is 5.24. The van der Waals surface area contributed by atoms with Crippen molar-refractivity contribution in [1.29, 1.82) is 0 Å². The third kappa shape index (κ3) is 3.36. The summed E-state index contributed by atoms with van der Waals surface area (Å²) in [5, 5.41) is 0. The molecule has 1 aromatic heterocycles. The van der Waals surface area contributed by atoms with Crippen LogP contribution in [0.3, 0.4) is 0 Å². The number of aromatic nitrogens is 2. The molecule has 1 N–H and O–H groups in total. The maximum absolute atomic E-state index is 10.7. The maximum atomic E-state index is 10.7. The summed E-state index contributed by atoms with van der Waals surface area (Å²) in [5.74, 6) is 0. The van der Waals surface area contributed by atoms with Gasteiger partial charge in [-0.3, -0.25) is 0 Å². The van der Waals surface area contributed by atoms with Gasteiger partial charge in [0, 0.05) is 19.3 Å². The minimum atomic E-state index is -0.308. The Morgan fingerprint density at radius 1 is 1.40 bits per heavy atom. The molecule has 1 aromatic rings. The van der Waals surface area contributed by atoms with Crippen LogP contribution in [0.15, 0.2) is 17.2 Å². The summed E-state index contributed by atoms with van der Waals surface area (Å²) < 4.78 is 5.21. The van der Waals surface area contributed by atoms with Crippen LogP contribution in [0, 0.1) is 0 Å². The van der Waals surface area contributed by atoms with E-state index < -0.39 is 0 Å². The van der Waals surface area contributed by atoms with E-state index in [0.717, 1.165) is 32.0 Å². The molecule has 0 amide bonds. The van der Waals surface area contributed by atoms with E-state index in [9.17, 15) is 4.79 Å². The Kier molecular flexibility index (Phi) is 4.83. The third-order valence-corrected chi connectivity index (χ3v) is 2.03. The predicted octanol–water partition coefficient (Wildman–Crippen LogP) is 0.633. The van der Waals surface area contributed by atoms with E-state index in [1.807, 2.05) is 13.8 Å². The molecule has 5 heteroatoms. The van der Waals surface area contributed by atoms with E-state index >= 15 is 0 Å². The number of hydrogen-bond donors (Lipinski definition) is 1. The van der Waals surface area contributed by atoms with E-state index in [-0.39, 0.29) is 5.69 Å². The van der Waals surface area contributed by atoms with E-state index in [4.69, 9.17) is 4.74 Å². The average molecular weight is 211 g/mol. The zero-order valence-electron chi connectivity index (χ0n) is 9.19. The van der Waals surface area contributed by atoms with Gasteiger partial charge >= 0.3 is 5.69 Å². The number of hydrogen-bond acceptors (Lipinski definition) is 4. The molecule has 2 rings (SSSR count). The average Bonchev–Trinajstić information content (AvgIpc) is 2.34. The highest BCUT2D eigenvalue weighted by atomic mass is 16.5. The van der Waals surface area contributed by atoms with Crippen LogP contribution in [0.5, 0.6) is 0 Å². The third-order valence-electron chi connectivity index (χ3n) is 2.03. The maximum Gasteiger partial charge on any atom is 0.345 e. The van der Waals surface area contributed by atoms with Crippen molar-refractivity contribution < 1.29 is 4.74 Å². The van der Waals surface area contributed by atoms with Crippen LogP contribution in [0.25, 0.3) is 0 Å². The summed E-state index contributed by atoms with van der Waals surface area (Å²) >= 11 is 0. The van der Waals surface area contributed by atoms with Crippen molar-refractivity contribution in [3.63, 3.8) is 0 Å². The molecule has 1 saturated heterocycles. The van der Waals surface area contributed by atoms with Crippen LogP contribution < -0.4 is 10.6 Å². The quantitative estimate of drug-likeness (QED) is 0.740. The molecule has 84 valence electrons. The monoisotopic (exact) mass is 211 g/mol. The first-order chi connectivity index (χ1) is 7.36. The lowest BCUT2D eigenvalue weighted by atomic mass is 10.4. The number of aromatic amines is 1. The first-order valence-electron chi connectivity index (χ1n) is 5.24. The Morgan fingerprint density at radius 3 is 2.60 bits per heavy atom. The Balaban J connectivity index is 0.000000531. The molecule has 15 heavy (non-hydrogen) atoms. The molecule has 1 aliphatic heterocycles. The zero-order chi connectivity index (χ0) is 11.1. The second-order valence-electron chi connectivity index (χ2n) is 2.88. The molecule has 0 atom stereocenters. The second kappa shape index (κ2) is 6.19. The van der Waals surface area contributed by atoms with Gasteiger partial charge in [-0.05, 0) is 0 Å². The summed E-state index contributed by atoms with van der Waals surface area (Å²) in [6.45, 7) is 7.18. The number of nitrogens with zero attached hydrogens (tertiary/aromatic N) is 2. The lowest BCUT2D eigenvalue weighted by Gasteiger charge is -2.27. The number of rotatable bonds is 1. The van der Waals surface area contributed by atoms with Crippen molar-refractivity contribution in [2.24, 2.45) is 0 Å². The first kappa shape index (κ1) is 11.7. The van der Waals surface area contributed by atoms with Gasteiger partial charge in [0.2, 0.25) is 0 Å². The van der Waals surface area contributed by atoms with Gasteiger partial charge in [-0.1, -0.05) is 13.8 Å². The van der Waals surface area contributed by atoms with Gasteiger partial charge in [-0.15, -0.1) is 0 Å². The van der Waals surface area contributed by atoms with Crippen LogP contribution in [-0.2, 0) is 4.74 Å². The van der Waals surface area contributed by atoms with Gasteiger partial charge in [0.05, 0.1) is 25.1 Å². The van der Waals surface area contributed by atoms with E-state index in [0.29, 0.717) is 0 Å². The molecule has 0 radical (unpaired) electrons. The van der Waals surface area contributed by atoms with Crippen LogP contribution >= 0.6 is 0 Å². The molecular formula is C10H17N3O2. The Bertz CT molecular complexity index is 311. The van der Waals surface area contributed by atoms with Gasteiger partial charge in [-0.2, -0.15) is 4.98 Å².